The minimum Gasteiger partial charge on any atom is -0.460 e. The highest BCUT2D eigenvalue weighted by Crippen LogP contribution is 2.63. The molecule has 9 heteroatoms. The van der Waals surface area contributed by atoms with Crippen LogP contribution in [0.4, 0.5) is 0 Å². The van der Waals surface area contributed by atoms with Gasteiger partial charge in [0.2, 0.25) is 5.78 Å². The van der Waals surface area contributed by atoms with E-state index in [0.717, 1.165) is 0 Å². The molecule has 4 aliphatic rings. The summed E-state index contributed by atoms with van der Waals surface area (Å²) in [6.45, 7) is 5.28. The molecule has 0 saturated heterocycles. The number of esters is 2. The zero-order valence-electron chi connectivity index (χ0n) is 18.3. The highest BCUT2D eigenvalue weighted by molar-refractivity contribution is 14.1. The van der Waals surface area contributed by atoms with Gasteiger partial charge in [0.05, 0.1) is 18.1 Å². The number of carbonyl (C=O) groups is 3. The topological polar surface area (TPSA) is 112 Å². The Kier molecular flexibility index (Phi) is 4.93. The van der Waals surface area contributed by atoms with Crippen molar-refractivity contribution in [2.45, 2.75) is 61.3 Å². The zero-order valence-corrected chi connectivity index (χ0v) is 20.4. The number of ether oxygens (including phenoxy) is 3. The predicted octanol–water partition coefficient (Wildman–Crippen LogP) is 2.74. The summed E-state index contributed by atoms with van der Waals surface area (Å²) in [4.78, 5) is 38.6. The lowest BCUT2D eigenvalue weighted by Gasteiger charge is -2.52. The highest BCUT2D eigenvalue weighted by atomic mass is 131. The number of halogens is 1. The predicted molar refractivity (Wildman–Crippen MR) is 119 cm³/mol. The summed E-state index contributed by atoms with van der Waals surface area (Å²) in [6.07, 6.45) is 0.120. The summed E-state index contributed by atoms with van der Waals surface area (Å²) in [7, 11) is 1.52. The molecular weight excluding hydrogens is 535 g/mol. The first-order valence-corrected chi connectivity index (χ1v) is 11.9. The van der Waals surface area contributed by atoms with Gasteiger partial charge in [-0.3, -0.25) is 9.59 Å². The second-order valence-corrected chi connectivity index (χ2v) is 11.2. The number of allylic oxidation sites excluding steroid dienone is 1. The molecule has 1 aromatic rings. The third-order valence-corrected chi connectivity index (χ3v) is 9.11. The number of Topliss-reactive ketones (excluding diaryl/α,β-unsaturated/α-hetero) is 1. The molecular formula is C23H25IO8. The van der Waals surface area contributed by atoms with Gasteiger partial charge in [0, 0.05) is 34.5 Å². The van der Waals surface area contributed by atoms with Crippen molar-refractivity contribution in [1.82, 2.24) is 0 Å². The molecule has 3 aliphatic carbocycles. The molecule has 0 unspecified atom stereocenters. The van der Waals surface area contributed by atoms with Gasteiger partial charge >= 0.3 is 11.9 Å². The van der Waals surface area contributed by atoms with Gasteiger partial charge in [-0.1, -0.05) is 29.5 Å². The number of rotatable bonds is 3. The molecule has 0 radical (unpaired) electrons. The Balaban J connectivity index is 1.82. The lowest BCUT2D eigenvalue weighted by Crippen LogP contribution is -2.57. The van der Waals surface area contributed by atoms with Crippen LogP contribution in [0.1, 0.15) is 60.1 Å². The molecule has 1 fully saturated rings. The van der Waals surface area contributed by atoms with Crippen LogP contribution in [0, 0.1) is 11.3 Å². The molecule has 0 bridgehead atoms. The first-order chi connectivity index (χ1) is 15.1. The van der Waals surface area contributed by atoms with Gasteiger partial charge in [0.15, 0.2) is 5.76 Å². The van der Waals surface area contributed by atoms with Crippen LogP contribution in [0.2, 0.25) is 0 Å². The van der Waals surface area contributed by atoms with Crippen LogP contribution in [-0.4, -0.2) is 58.8 Å². The number of aliphatic hydroxyl groups is 1. The van der Waals surface area contributed by atoms with E-state index in [-0.39, 0.29) is 33.6 Å². The largest absolute Gasteiger partial charge is 0.460 e. The molecule has 1 saturated carbocycles. The maximum absolute atomic E-state index is 13.8. The number of furan rings is 1. The first kappa shape index (κ1) is 22.1. The standard InChI is InChI=1S/C23H25IO8/c1-9(25)31-13-6-22(2)11(5-12(24)20(22)27)15-17(13)23(3)14(8-29-4)32-21(28)10-7-30-19(16(10)23)18(15)26/h7,11-14,20,27H,5-6,8H2,1-4H3/t11-,12+,13+,14+,20-,22-,23-/m0/s1/i24+4. The van der Waals surface area contributed by atoms with Crippen molar-refractivity contribution in [3.8, 4) is 0 Å². The van der Waals surface area contributed by atoms with Gasteiger partial charge < -0.3 is 23.7 Å². The third kappa shape index (κ3) is 2.64. The fraction of sp³-hybridized carbons (Fsp3) is 0.609. The van der Waals surface area contributed by atoms with E-state index < -0.39 is 41.1 Å². The Bertz CT molecular complexity index is 1070. The van der Waals surface area contributed by atoms with E-state index in [0.29, 0.717) is 29.6 Å². The van der Waals surface area contributed by atoms with Gasteiger partial charge in [-0.2, -0.15) is 0 Å². The van der Waals surface area contributed by atoms with Gasteiger partial charge in [-0.05, 0) is 31.3 Å². The Morgan fingerprint density at radius 2 is 2.06 bits per heavy atom. The van der Waals surface area contributed by atoms with Crippen molar-refractivity contribution in [2.24, 2.45) is 11.3 Å². The van der Waals surface area contributed by atoms with Crippen LogP contribution in [0.5, 0.6) is 0 Å². The van der Waals surface area contributed by atoms with Crippen molar-refractivity contribution < 1.29 is 38.1 Å². The summed E-state index contributed by atoms with van der Waals surface area (Å²) >= 11 is 2.23. The fourth-order valence-corrected chi connectivity index (χ4v) is 7.79. The SMILES string of the molecule is COC[C@H]1OC(=O)c2coc3c2[C@@]1(C)C1=C(C3=O)[C@@H]2C[C@@H]([131I])[C@H](O)[C@@]2(C)C[C@H]1OC(C)=O. The van der Waals surface area contributed by atoms with Crippen molar-refractivity contribution in [2.75, 3.05) is 13.7 Å². The van der Waals surface area contributed by atoms with Gasteiger partial charge in [-0.25, -0.2) is 4.79 Å². The summed E-state index contributed by atoms with van der Waals surface area (Å²) in [6, 6.07) is 0. The summed E-state index contributed by atoms with van der Waals surface area (Å²) in [5.74, 6) is -1.48. The number of cyclic esters (lactones) is 1. The van der Waals surface area contributed by atoms with E-state index in [1.165, 1.54) is 20.3 Å². The van der Waals surface area contributed by atoms with Crippen LogP contribution in [-0.2, 0) is 24.4 Å². The fourth-order valence-electron chi connectivity index (χ4n) is 6.46. The molecule has 2 heterocycles. The molecule has 1 aliphatic heterocycles. The molecule has 0 aromatic carbocycles. The van der Waals surface area contributed by atoms with Crippen LogP contribution < -0.4 is 0 Å². The lowest BCUT2D eigenvalue weighted by atomic mass is 9.54. The smallest absolute Gasteiger partial charge is 0.342 e. The number of ketones is 1. The number of fused-ring (bicyclic) bond motifs is 3. The van der Waals surface area contributed by atoms with E-state index in [4.69, 9.17) is 18.6 Å². The maximum Gasteiger partial charge on any atom is 0.342 e. The first-order valence-electron chi connectivity index (χ1n) is 10.7. The van der Waals surface area contributed by atoms with Gasteiger partial charge in [0.1, 0.15) is 24.0 Å². The number of hydrogen-bond donors (Lipinski definition) is 1. The summed E-state index contributed by atoms with van der Waals surface area (Å²) < 4.78 is 22.6. The van der Waals surface area contributed by atoms with E-state index >= 15 is 0 Å². The van der Waals surface area contributed by atoms with Gasteiger partial charge in [0.25, 0.3) is 0 Å². The third-order valence-electron chi connectivity index (χ3n) is 7.92. The molecule has 0 amide bonds. The number of carbonyl (C=O) groups excluding carboxylic acids is 3. The van der Waals surface area contributed by atoms with Crippen molar-refractivity contribution in [3.63, 3.8) is 0 Å². The van der Waals surface area contributed by atoms with Crippen LogP contribution >= 0.6 is 22.6 Å². The van der Waals surface area contributed by atoms with E-state index in [1.54, 1.807) is 0 Å². The van der Waals surface area contributed by atoms with E-state index in [1.807, 2.05) is 13.8 Å². The minimum atomic E-state index is -0.972. The normalized spacial score (nSPS) is 39.9. The molecule has 1 aromatic heterocycles. The average molecular weight is 560 g/mol. The van der Waals surface area contributed by atoms with Crippen molar-refractivity contribution >= 4 is 40.3 Å². The molecule has 8 nitrogen and oxygen atoms in total. The quantitative estimate of drug-likeness (QED) is 0.342. The Morgan fingerprint density at radius 1 is 1.34 bits per heavy atom. The monoisotopic (exact) mass is 560 g/mol. The van der Waals surface area contributed by atoms with E-state index in [2.05, 4.69) is 22.6 Å². The number of aliphatic hydroxyl groups excluding tert-OH is 1. The Hall–Kier alpha value is -1.72. The zero-order chi connectivity index (χ0) is 23.2. The Labute approximate surface area is 198 Å². The second-order valence-electron chi connectivity index (χ2n) is 9.62. The molecule has 7 atom stereocenters. The van der Waals surface area contributed by atoms with E-state index in [9.17, 15) is 19.5 Å². The second kappa shape index (κ2) is 7.14. The van der Waals surface area contributed by atoms with Crippen molar-refractivity contribution in [3.05, 3.63) is 34.3 Å². The van der Waals surface area contributed by atoms with Gasteiger partial charge in [-0.15, -0.1) is 0 Å². The number of hydrogen-bond acceptors (Lipinski definition) is 8. The van der Waals surface area contributed by atoms with Crippen LogP contribution in [0.15, 0.2) is 21.8 Å². The number of methoxy groups -OCH3 is 1. The Morgan fingerprint density at radius 3 is 2.72 bits per heavy atom. The molecule has 5 rings (SSSR count). The summed E-state index contributed by atoms with van der Waals surface area (Å²) in [5, 5.41) is 11.1. The number of alkyl halides is 1. The lowest BCUT2D eigenvalue weighted by molar-refractivity contribution is -0.149. The molecule has 32 heavy (non-hydrogen) atoms. The highest BCUT2D eigenvalue weighted by Gasteiger charge is 2.65. The van der Waals surface area contributed by atoms with Crippen LogP contribution in [0.3, 0.4) is 0 Å². The maximum atomic E-state index is 13.8. The average Bonchev–Trinajstić information content (AvgIpc) is 3.26. The molecule has 0 spiro atoms. The minimum absolute atomic E-state index is 0.0550. The van der Waals surface area contributed by atoms with Crippen LogP contribution in [0.25, 0.3) is 0 Å². The molecule has 1 N–H and O–H groups in total. The summed E-state index contributed by atoms with van der Waals surface area (Å²) in [5.41, 5.74) is 0.223. The van der Waals surface area contributed by atoms with Crippen molar-refractivity contribution in [1.29, 1.82) is 0 Å². The molecule has 172 valence electrons.